The number of hydrogen-bond donors (Lipinski definition) is 0. The highest BCUT2D eigenvalue weighted by molar-refractivity contribution is 6.07. The van der Waals surface area contributed by atoms with Gasteiger partial charge in [0.2, 0.25) is 5.75 Å². The van der Waals surface area contributed by atoms with E-state index in [0.29, 0.717) is 17.2 Å². The fraction of sp³-hybridized carbons (Fsp3) is 0.350. The highest BCUT2D eigenvalue weighted by atomic mass is 16.5. The standard InChI is InChI=1S/C20H20O4/c1-22-16-8-13(9-17(23-2)18(16)24-3)15-11-20(15)10-12-6-4-5-7-14(12)19(20)21/h4-9,15H,10-11H2,1-3H3/t15-,20-/m1/s1. The number of methoxy groups -OCH3 is 3. The second-order valence-corrected chi connectivity index (χ2v) is 6.53. The predicted octanol–water partition coefficient (Wildman–Crippen LogP) is 3.63. The number of ketones is 1. The highest BCUT2D eigenvalue weighted by Gasteiger charge is 2.63. The van der Waals surface area contributed by atoms with E-state index in [1.807, 2.05) is 30.3 Å². The van der Waals surface area contributed by atoms with Crippen molar-refractivity contribution >= 4 is 5.78 Å². The van der Waals surface area contributed by atoms with E-state index in [0.717, 1.165) is 29.5 Å². The Labute approximate surface area is 141 Å². The van der Waals surface area contributed by atoms with E-state index in [-0.39, 0.29) is 17.1 Å². The number of ether oxygens (including phenoxy) is 3. The van der Waals surface area contributed by atoms with Gasteiger partial charge in [-0.1, -0.05) is 24.3 Å². The van der Waals surface area contributed by atoms with Crippen LogP contribution in [-0.2, 0) is 6.42 Å². The molecule has 2 aromatic rings. The molecular formula is C20H20O4. The molecule has 4 rings (SSSR count). The van der Waals surface area contributed by atoms with E-state index < -0.39 is 0 Å². The van der Waals surface area contributed by atoms with Crippen molar-refractivity contribution in [2.24, 2.45) is 5.41 Å². The normalized spacial score (nSPS) is 24.0. The van der Waals surface area contributed by atoms with Crippen LogP contribution in [0.25, 0.3) is 0 Å². The first-order valence-corrected chi connectivity index (χ1v) is 8.07. The van der Waals surface area contributed by atoms with Gasteiger partial charge < -0.3 is 14.2 Å². The smallest absolute Gasteiger partial charge is 0.203 e. The molecule has 0 aromatic heterocycles. The zero-order valence-electron chi connectivity index (χ0n) is 14.1. The minimum Gasteiger partial charge on any atom is -0.493 e. The first kappa shape index (κ1) is 15.1. The molecule has 0 saturated heterocycles. The SMILES string of the molecule is COc1cc([C@H]2C[C@]23Cc2ccccc2C3=O)cc(OC)c1OC. The van der Waals surface area contributed by atoms with Crippen molar-refractivity contribution in [1.29, 1.82) is 0 Å². The molecule has 4 heteroatoms. The van der Waals surface area contributed by atoms with Gasteiger partial charge in [0.05, 0.1) is 21.3 Å². The molecule has 0 unspecified atom stereocenters. The molecule has 0 heterocycles. The lowest BCUT2D eigenvalue weighted by atomic mass is 9.94. The van der Waals surface area contributed by atoms with Crippen LogP contribution in [0.3, 0.4) is 0 Å². The van der Waals surface area contributed by atoms with Gasteiger partial charge in [0.15, 0.2) is 17.3 Å². The van der Waals surface area contributed by atoms with Gasteiger partial charge >= 0.3 is 0 Å². The van der Waals surface area contributed by atoms with Crippen LogP contribution in [0, 0.1) is 5.41 Å². The molecule has 1 spiro atoms. The summed E-state index contributed by atoms with van der Waals surface area (Å²) >= 11 is 0. The van der Waals surface area contributed by atoms with E-state index >= 15 is 0 Å². The molecule has 0 N–H and O–H groups in total. The zero-order valence-corrected chi connectivity index (χ0v) is 14.1. The minimum absolute atomic E-state index is 0.200. The fourth-order valence-corrected chi connectivity index (χ4v) is 4.08. The van der Waals surface area contributed by atoms with Crippen LogP contribution >= 0.6 is 0 Å². The first-order chi connectivity index (χ1) is 11.6. The van der Waals surface area contributed by atoms with Crippen LogP contribution in [-0.4, -0.2) is 27.1 Å². The van der Waals surface area contributed by atoms with Crippen LogP contribution in [0.4, 0.5) is 0 Å². The molecule has 2 atom stereocenters. The molecule has 0 amide bonds. The number of carbonyl (C=O) groups excluding carboxylic acids is 1. The molecule has 0 aliphatic heterocycles. The Hall–Kier alpha value is -2.49. The van der Waals surface area contributed by atoms with Gasteiger partial charge in [0.25, 0.3) is 0 Å². The van der Waals surface area contributed by atoms with Crippen molar-refractivity contribution in [2.75, 3.05) is 21.3 Å². The van der Waals surface area contributed by atoms with Crippen molar-refractivity contribution in [3.05, 3.63) is 53.1 Å². The van der Waals surface area contributed by atoms with Crippen molar-refractivity contribution in [3.8, 4) is 17.2 Å². The lowest BCUT2D eigenvalue weighted by molar-refractivity contribution is 0.0914. The summed E-state index contributed by atoms with van der Waals surface area (Å²) in [6, 6.07) is 11.9. The average molecular weight is 324 g/mol. The van der Waals surface area contributed by atoms with Gasteiger partial charge in [0, 0.05) is 11.0 Å². The van der Waals surface area contributed by atoms with Crippen molar-refractivity contribution in [3.63, 3.8) is 0 Å². The maximum absolute atomic E-state index is 12.9. The molecular weight excluding hydrogens is 304 g/mol. The first-order valence-electron chi connectivity index (χ1n) is 8.07. The largest absolute Gasteiger partial charge is 0.493 e. The minimum atomic E-state index is -0.283. The fourth-order valence-electron chi connectivity index (χ4n) is 4.08. The number of hydrogen-bond acceptors (Lipinski definition) is 4. The van der Waals surface area contributed by atoms with E-state index in [9.17, 15) is 4.79 Å². The van der Waals surface area contributed by atoms with Gasteiger partial charge in [-0.05, 0) is 42.0 Å². The molecule has 24 heavy (non-hydrogen) atoms. The molecule has 1 fully saturated rings. The zero-order chi connectivity index (χ0) is 16.9. The third kappa shape index (κ3) is 1.95. The number of Topliss-reactive ketones (excluding diaryl/α,β-unsaturated/α-hetero) is 1. The summed E-state index contributed by atoms with van der Waals surface area (Å²) in [4.78, 5) is 12.9. The Morgan fingerprint density at radius 1 is 1.00 bits per heavy atom. The van der Waals surface area contributed by atoms with Crippen LogP contribution in [0.1, 0.15) is 33.8 Å². The Bertz CT molecular complexity index is 801. The summed E-state index contributed by atoms with van der Waals surface area (Å²) in [7, 11) is 4.82. The van der Waals surface area contributed by atoms with E-state index in [4.69, 9.17) is 14.2 Å². The Morgan fingerprint density at radius 2 is 1.67 bits per heavy atom. The second kappa shape index (κ2) is 5.26. The van der Waals surface area contributed by atoms with Crippen molar-refractivity contribution in [1.82, 2.24) is 0 Å². The second-order valence-electron chi connectivity index (χ2n) is 6.53. The van der Waals surface area contributed by atoms with Gasteiger partial charge in [-0.3, -0.25) is 4.79 Å². The van der Waals surface area contributed by atoms with Gasteiger partial charge in [-0.25, -0.2) is 0 Å². The van der Waals surface area contributed by atoms with Crippen LogP contribution in [0.5, 0.6) is 17.2 Å². The summed E-state index contributed by atoms with van der Waals surface area (Å²) in [6.07, 6.45) is 1.70. The molecule has 4 nitrogen and oxygen atoms in total. The van der Waals surface area contributed by atoms with Gasteiger partial charge in [-0.15, -0.1) is 0 Å². The molecule has 1 saturated carbocycles. The lowest BCUT2D eigenvalue weighted by Gasteiger charge is -2.15. The van der Waals surface area contributed by atoms with Gasteiger partial charge in [-0.2, -0.15) is 0 Å². The summed E-state index contributed by atoms with van der Waals surface area (Å²) in [5.74, 6) is 2.33. The topological polar surface area (TPSA) is 44.8 Å². The predicted molar refractivity (Wildman–Crippen MR) is 90.4 cm³/mol. The summed E-state index contributed by atoms with van der Waals surface area (Å²) < 4.78 is 16.3. The Morgan fingerprint density at radius 3 is 2.25 bits per heavy atom. The Kier molecular flexibility index (Phi) is 3.30. The highest BCUT2D eigenvalue weighted by Crippen LogP contribution is 2.66. The third-order valence-corrected chi connectivity index (χ3v) is 5.38. The lowest BCUT2D eigenvalue weighted by Crippen LogP contribution is -2.12. The maximum Gasteiger partial charge on any atom is 0.203 e. The molecule has 2 aromatic carbocycles. The number of carbonyl (C=O) groups is 1. The van der Waals surface area contributed by atoms with Crippen molar-refractivity contribution in [2.45, 2.75) is 18.8 Å². The van der Waals surface area contributed by atoms with E-state index in [2.05, 4.69) is 6.07 Å². The quantitative estimate of drug-likeness (QED) is 0.861. The van der Waals surface area contributed by atoms with E-state index in [1.54, 1.807) is 21.3 Å². The van der Waals surface area contributed by atoms with Crippen molar-refractivity contribution < 1.29 is 19.0 Å². The number of rotatable bonds is 4. The average Bonchev–Trinajstić information content (AvgIpc) is 3.27. The molecule has 0 radical (unpaired) electrons. The number of fused-ring (bicyclic) bond motifs is 1. The Balaban J connectivity index is 1.72. The summed E-state index contributed by atoms with van der Waals surface area (Å²) in [5.41, 5.74) is 2.84. The molecule has 2 aliphatic carbocycles. The van der Waals surface area contributed by atoms with Crippen LogP contribution < -0.4 is 14.2 Å². The summed E-state index contributed by atoms with van der Waals surface area (Å²) in [5, 5.41) is 0. The monoisotopic (exact) mass is 324 g/mol. The van der Waals surface area contributed by atoms with Gasteiger partial charge in [0.1, 0.15) is 0 Å². The van der Waals surface area contributed by atoms with Crippen LogP contribution in [0.15, 0.2) is 36.4 Å². The maximum atomic E-state index is 12.9. The van der Waals surface area contributed by atoms with Crippen LogP contribution in [0.2, 0.25) is 0 Å². The van der Waals surface area contributed by atoms with E-state index in [1.165, 1.54) is 0 Å². The number of benzene rings is 2. The molecule has 2 aliphatic rings. The third-order valence-electron chi connectivity index (χ3n) is 5.38. The molecule has 124 valence electrons. The summed E-state index contributed by atoms with van der Waals surface area (Å²) in [6.45, 7) is 0. The molecule has 0 bridgehead atoms.